The summed E-state index contributed by atoms with van der Waals surface area (Å²) in [6, 6.07) is 16.0. The van der Waals surface area contributed by atoms with Crippen molar-refractivity contribution in [2.75, 3.05) is 18.5 Å². The summed E-state index contributed by atoms with van der Waals surface area (Å²) in [6.07, 6.45) is -0.756. The minimum Gasteiger partial charge on any atom is -0.490 e. The number of esters is 1. The number of alkyl halides is 3. The van der Waals surface area contributed by atoms with Crippen LogP contribution in [0.2, 0.25) is 0 Å². The van der Waals surface area contributed by atoms with E-state index in [-0.39, 0.29) is 18.9 Å². The van der Waals surface area contributed by atoms with E-state index in [1.165, 1.54) is 6.92 Å². The molecule has 0 aliphatic heterocycles. The van der Waals surface area contributed by atoms with Crippen LogP contribution in [0.1, 0.15) is 17.3 Å². The average Bonchev–Trinajstić information content (AvgIpc) is 2.64. The van der Waals surface area contributed by atoms with Crippen LogP contribution in [-0.4, -0.2) is 34.8 Å². The molecule has 0 amide bonds. The van der Waals surface area contributed by atoms with Crippen LogP contribution in [0.15, 0.2) is 54.6 Å². The lowest BCUT2D eigenvalue weighted by molar-refractivity contribution is -0.148. The van der Waals surface area contributed by atoms with E-state index in [1.807, 2.05) is 18.2 Å². The maximum Gasteiger partial charge on any atom is 0.359 e. The van der Waals surface area contributed by atoms with Crippen molar-refractivity contribution in [1.82, 2.24) is 0 Å². The molecule has 0 spiro atoms. The lowest BCUT2D eigenvalue weighted by Gasteiger charge is -2.22. The number of rotatable bonds is 8. The molecule has 1 N–H and O–H groups in total. The molecule has 0 aromatic heterocycles. The van der Waals surface area contributed by atoms with E-state index in [1.54, 1.807) is 36.4 Å². The van der Waals surface area contributed by atoms with Crippen molar-refractivity contribution in [1.29, 1.82) is 0 Å². The van der Waals surface area contributed by atoms with E-state index in [0.29, 0.717) is 17.0 Å². The van der Waals surface area contributed by atoms with Crippen molar-refractivity contribution in [3.05, 3.63) is 60.2 Å². The number of halogens is 3. The average molecular weight is 431 g/mol. The van der Waals surface area contributed by atoms with Gasteiger partial charge in [-0.3, -0.25) is 4.79 Å². The molecular formula is C19H18Cl3NO4. The zero-order valence-electron chi connectivity index (χ0n) is 14.5. The molecule has 0 aliphatic carbocycles. The Hall–Kier alpha value is -1.95. The highest BCUT2D eigenvalue weighted by Gasteiger charge is 2.34. The quantitative estimate of drug-likeness (QED) is 0.375. The first-order valence-corrected chi connectivity index (χ1v) is 9.20. The van der Waals surface area contributed by atoms with E-state index in [4.69, 9.17) is 44.3 Å². The molecule has 0 heterocycles. The number of hydrogen-bond donors (Lipinski definition) is 1. The first-order chi connectivity index (χ1) is 12.8. The second-order valence-electron chi connectivity index (χ2n) is 5.63. The molecule has 2 aromatic carbocycles. The molecule has 0 unspecified atom stereocenters. The lowest BCUT2D eigenvalue weighted by atomic mass is 10.1. The zero-order valence-corrected chi connectivity index (χ0v) is 16.7. The first kappa shape index (κ1) is 21.4. The summed E-state index contributed by atoms with van der Waals surface area (Å²) >= 11 is 16.7. The van der Waals surface area contributed by atoms with Crippen molar-refractivity contribution >= 4 is 52.2 Å². The van der Waals surface area contributed by atoms with Gasteiger partial charge in [-0.05, 0) is 31.2 Å². The van der Waals surface area contributed by atoms with Crippen LogP contribution < -0.4 is 10.1 Å². The second kappa shape index (κ2) is 9.83. The number of para-hydroxylation sites is 2. The van der Waals surface area contributed by atoms with Gasteiger partial charge in [0.1, 0.15) is 12.4 Å². The van der Waals surface area contributed by atoms with Gasteiger partial charge >= 0.3 is 5.97 Å². The number of hydrogen-bond acceptors (Lipinski definition) is 5. The molecule has 8 heteroatoms. The summed E-state index contributed by atoms with van der Waals surface area (Å²) in [7, 11) is 0. The number of ether oxygens (including phenoxy) is 2. The number of benzene rings is 2. The summed E-state index contributed by atoms with van der Waals surface area (Å²) in [5.41, 5.74) is 1.13. The van der Waals surface area contributed by atoms with E-state index in [9.17, 15) is 9.59 Å². The predicted molar refractivity (Wildman–Crippen MR) is 107 cm³/mol. The first-order valence-electron chi connectivity index (χ1n) is 8.07. The van der Waals surface area contributed by atoms with Gasteiger partial charge in [-0.1, -0.05) is 65.1 Å². The van der Waals surface area contributed by atoms with Crippen LogP contribution in [-0.2, 0) is 9.53 Å². The molecule has 0 radical (unpaired) electrons. The Morgan fingerprint density at radius 1 is 1.04 bits per heavy atom. The Labute approximate surface area is 172 Å². The van der Waals surface area contributed by atoms with Gasteiger partial charge < -0.3 is 14.8 Å². The molecule has 27 heavy (non-hydrogen) atoms. The Morgan fingerprint density at radius 3 is 2.30 bits per heavy atom. The molecule has 2 rings (SSSR count). The summed E-state index contributed by atoms with van der Waals surface area (Å²) < 4.78 is 8.69. The molecule has 0 saturated heterocycles. The third kappa shape index (κ3) is 6.94. The summed E-state index contributed by atoms with van der Waals surface area (Å²) in [6.45, 7) is 1.66. The van der Waals surface area contributed by atoms with Crippen LogP contribution in [0.4, 0.5) is 5.69 Å². The minimum absolute atomic E-state index is 0.0335. The van der Waals surface area contributed by atoms with Gasteiger partial charge in [-0.15, -0.1) is 0 Å². The van der Waals surface area contributed by atoms with Gasteiger partial charge in [0.2, 0.25) is 0 Å². The smallest absolute Gasteiger partial charge is 0.359 e. The normalized spacial score (nSPS) is 12.1. The fourth-order valence-corrected chi connectivity index (χ4v) is 2.36. The second-order valence-corrected chi connectivity index (χ2v) is 7.91. The van der Waals surface area contributed by atoms with Gasteiger partial charge in [0.05, 0.1) is 6.54 Å². The SMILES string of the molecule is CC(=O)c1ccccc1NC[C@@H](COc1ccccc1)OC(=O)C(Cl)(Cl)Cl. The van der Waals surface area contributed by atoms with Crippen molar-refractivity contribution in [3.63, 3.8) is 0 Å². The fourth-order valence-electron chi connectivity index (χ4n) is 2.23. The minimum atomic E-state index is -2.19. The Kier molecular flexibility index (Phi) is 7.78. The number of ketones is 1. The Bertz CT molecular complexity index is 778. The largest absolute Gasteiger partial charge is 0.490 e. The third-order valence-corrected chi connectivity index (χ3v) is 3.97. The summed E-state index contributed by atoms with van der Waals surface area (Å²) in [5.74, 6) is -0.485. The lowest BCUT2D eigenvalue weighted by Crippen LogP contribution is -2.36. The van der Waals surface area contributed by atoms with Gasteiger partial charge in [-0.2, -0.15) is 0 Å². The van der Waals surface area contributed by atoms with Gasteiger partial charge in [0.25, 0.3) is 3.79 Å². The molecule has 0 aliphatic rings. The summed E-state index contributed by atoms with van der Waals surface area (Å²) in [4.78, 5) is 23.6. The van der Waals surface area contributed by atoms with Crippen molar-refractivity contribution < 1.29 is 19.1 Å². The van der Waals surface area contributed by atoms with Crippen LogP contribution >= 0.6 is 34.8 Å². The molecule has 1 atom stereocenters. The van der Waals surface area contributed by atoms with Crippen LogP contribution in [0.5, 0.6) is 5.75 Å². The highest BCUT2D eigenvalue weighted by molar-refractivity contribution is 6.75. The zero-order chi connectivity index (χ0) is 19.9. The molecular weight excluding hydrogens is 413 g/mol. The number of carbonyl (C=O) groups excluding carboxylic acids is 2. The maximum absolute atomic E-state index is 11.9. The van der Waals surface area contributed by atoms with E-state index < -0.39 is 15.9 Å². The van der Waals surface area contributed by atoms with Crippen molar-refractivity contribution in [2.45, 2.75) is 16.8 Å². The Morgan fingerprint density at radius 2 is 1.67 bits per heavy atom. The van der Waals surface area contributed by atoms with E-state index >= 15 is 0 Å². The molecule has 0 bridgehead atoms. The fraction of sp³-hybridized carbons (Fsp3) is 0.263. The predicted octanol–water partition coefficient (Wildman–Crippen LogP) is 4.66. The van der Waals surface area contributed by atoms with Crippen LogP contribution in [0.25, 0.3) is 0 Å². The van der Waals surface area contributed by atoms with Crippen molar-refractivity contribution in [3.8, 4) is 5.75 Å². The molecule has 5 nitrogen and oxygen atoms in total. The van der Waals surface area contributed by atoms with Gasteiger partial charge in [0, 0.05) is 11.3 Å². The monoisotopic (exact) mass is 429 g/mol. The van der Waals surface area contributed by atoms with Gasteiger partial charge in [0.15, 0.2) is 11.9 Å². The van der Waals surface area contributed by atoms with Crippen molar-refractivity contribution in [2.24, 2.45) is 0 Å². The Balaban J connectivity index is 2.07. The molecule has 144 valence electrons. The highest BCUT2D eigenvalue weighted by atomic mass is 35.6. The summed E-state index contributed by atoms with van der Waals surface area (Å²) in [5, 5.41) is 3.08. The number of nitrogens with one attached hydrogen (secondary N) is 1. The van der Waals surface area contributed by atoms with Crippen LogP contribution in [0, 0.1) is 0 Å². The van der Waals surface area contributed by atoms with Crippen LogP contribution in [0.3, 0.4) is 0 Å². The molecule has 0 saturated carbocycles. The third-order valence-electron chi connectivity index (χ3n) is 3.51. The molecule has 0 fully saturated rings. The standard InChI is InChI=1S/C19H18Cl3NO4/c1-13(24)16-9-5-6-10-17(16)23-11-15(27-18(25)19(20,21)22)12-26-14-7-3-2-4-8-14/h2-10,15,23H,11-12H2,1H3/t15-/m0/s1. The highest BCUT2D eigenvalue weighted by Crippen LogP contribution is 2.28. The van der Waals surface area contributed by atoms with E-state index in [2.05, 4.69) is 5.32 Å². The number of Topliss-reactive ketones (excluding diaryl/α,β-unsaturated/α-hetero) is 1. The van der Waals surface area contributed by atoms with E-state index in [0.717, 1.165) is 0 Å². The molecule has 2 aromatic rings. The topological polar surface area (TPSA) is 64.6 Å². The maximum atomic E-state index is 11.9. The number of anilines is 1. The number of carbonyl (C=O) groups is 2. The van der Waals surface area contributed by atoms with Gasteiger partial charge in [-0.25, -0.2) is 4.79 Å².